The molecule has 0 radical (unpaired) electrons. The zero-order valence-corrected chi connectivity index (χ0v) is 18.5. The number of carbonyl (C=O) groups is 1. The Morgan fingerprint density at radius 2 is 1.77 bits per heavy atom. The minimum Gasteiger partial charge on any atom is -0.494 e. The number of aryl methyl sites for hydroxylation is 2. The molecule has 1 aromatic carbocycles. The Bertz CT molecular complexity index is 1130. The van der Waals surface area contributed by atoms with Crippen molar-refractivity contribution in [1.29, 1.82) is 0 Å². The molecule has 3 rings (SSSR count). The van der Waals surface area contributed by atoms with Gasteiger partial charge >= 0.3 is 5.69 Å². The normalized spacial score (nSPS) is 14.4. The quantitative estimate of drug-likeness (QED) is 0.590. The van der Waals surface area contributed by atoms with E-state index in [-0.39, 0.29) is 22.3 Å². The van der Waals surface area contributed by atoms with Crippen molar-refractivity contribution >= 4 is 28.4 Å². The van der Waals surface area contributed by atoms with Gasteiger partial charge in [0.15, 0.2) is 0 Å². The summed E-state index contributed by atoms with van der Waals surface area (Å²) in [6.07, 6.45) is 1.98. The molecule has 1 fully saturated rings. The molecule has 2 heterocycles. The van der Waals surface area contributed by atoms with E-state index in [1.54, 1.807) is 4.90 Å². The number of aromatic hydroxyl groups is 1. The van der Waals surface area contributed by atoms with E-state index < -0.39 is 17.1 Å². The van der Waals surface area contributed by atoms with Gasteiger partial charge in [-0.2, -0.15) is 0 Å². The molecule has 1 aliphatic heterocycles. The maximum Gasteiger partial charge on any atom is 0.333 e. The molecule has 1 amide bonds. The summed E-state index contributed by atoms with van der Waals surface area (Å²) in [6, 6.07) is 5.61. The monoisotopic (exact) mass is 430 g/mol. The molecule has 0 spiro atoms. The van der Waals surface area contributed by atoms with Gasteiger partial charge in [-0.1, -0.05) is 17.8 Å². The molecular weight excluding hydrogens is 404 g/mol. The van der Waals surface area contributed by atoms with Crippen molar-refractivity contribution in [2.45, 2.75) is 26.7 Å². The van der Waals surface area contributed by atoms with Gasteiger partial charge in [0.1, 0.15) is 10.6 Å². The smallest absolute Gasteiger partial charge is 0.333 e. The van der Waals surface area contributed by atoms with E-state index in [1.165, 1.54) is 14.1 Å². The number of hydrogen-bond acceptors (Lipinski definition) is 6. The first-order chi connectivity index (χ1) is 14.2. The Hall–Kier alpha value is -2.81. The molecule has 0 unspecified atom stereocenters. The van der Waals surface area contributed by atoms with Crippen molar-refractivity contribution < 1.29 is 9.90 Å². The SMILES string of the molecule is Cc1ccc(N=C(SCC(=O)N2CCCC2)c2c(O)n(C)c(=O)n(C)c2=O)cc1C. The van der Waals surface area contributed by atoms with Crippen LogP contribution in [0.4, 0.5) is 5.69 Å². The Kier molecular flexibility index (Phi) is 6.50. The lowest BCUT2D eigenvalue weighted by atomic mass is 10.1. The van der Waals surface area contributed by atoms with Crippen LogP contribution in [0.2, 0.25) is 0 Å². The third kappa shape index (κ3) is 4.35. The molecule has 1 N–H and O–H groups in total. The topological polar surface area (TPSA) is 96.9 Å². The van der Waals surface area contributed by atoms with Gasteiger partial charge in [0.2, 0.25) is 11.8 Å². The number of amides is 1. The van der Waals surface area contributed by atoms with E-state index in [4.69, 9.17) is 0 Å². The molecule has 1 aliphatic rings. The minimum absolute atomic E-state index is 0.0357. The van der Waals surface area contributed by atoms with Crippen molar-refractivity contribution in [2.75, 3.05) is 18.8 Å². The van der Waals surface area contributed by atoms with Crippen LogP contribution in [0.25, 0.3) is 0 Å². The average molecular weight is 431 g/mol. The Labute approximate surface area is 178 Å². The van der Waals surface area contributed by atoms with Crippen molar-refractivity contribution in [3.63, 3.8) is 0 Å². The Balaban J connectivity index is 2.07. The third-order valence-electron chi connectivity index (χ3n) is 5.36. The van der Waals surface area contributed by atoms with Gasteiger partial charge in [-0.3, -0.25) is 18.7 Å². The summed E-state index contributed by atoms with van der Waals surface area (Å²) in [6.45, 7) is 5.41. The van der Waals surface area contributed by atoms with Crippen molar-refractivity contribution in [2.24, 2.45) is 19.1 Å². The highest BCUT2D eigenvalue weighted by Crippen LogP contribution is 2.25. The molecule has 0 atom stereocenters. The molecule has 0 bridgehead atoms. The van der Waals surface area contributed by atoms with Crippen LogP contribution in [0.3, 0.4) is 0 Å². The second-order valence-corrected chi connectivity index (χ2v) is 8.43. The van der Waals surface area contributed by atoms with E-state index in [0.717, 1.165) is 58.0 Å². The summed E-state index contributed by atoms with van der Waals surface area (Å²) >= 11 is 1.10. The number of hydrogen-bond donors (Lipinski definition) is 1. The standard InChI is InChI=1S/C21H26N4O4S/c1-13-7-8-15(11-14(13)2)22-18(30-12-16(26)25-9-5-6-10-25)17-19(27)23(3)21(29)24(4)20(17)28/h7-8,11,27H,5-6,9-10,12H2,1-4H3. The molecule has 0 saturated carbocycles. The van der Waals surface area contributed by atoms with Crippen LogP contribution in [0, 0.1) is 13.8 Å². The first-order valence-electron chi connectivity index (χ1n) is 9.76. The summed E-state index contributed by atoms with van der Waals surface area (Å²) in [5.74, 6) is -0.409. The number of thioether (sulfide) groups is 1. The van der Waals surface area contributed by atoms with Crippen molar-refractivity contribution in [3.8, 4) is 5.88 Å². The molecule has 0 aliphatic carbocycles. The Morgan fingerprint density at radius 1 is 1.10 bits per heavy atom. The van der Waals surface area contributed by atoms with Crippen LogP contribution in [0.15, 0.2) is 32.8 Å². The van der Waals surface area contributed by atoms with Crippen molar-refractivity contribution in [3.05, 3.63) is 55.7 Å². The first kappa shape index (κ1) is 21.9. The lowest BCUT2D eigenvalue weighted by molar-refractivity contribution is -0.127. The van der Waals surface area contributed by atoms with Gasteiger partial charge in [0.25, 0.3) is 5.56 Å². The van der Waals surface area contributed by atoms with Gasteiger partial charge in [-0.05, 0) is 49.9 Å². The zero-order valence-electron chi connectivity index (χ0n) is 17.6. The molecule has 30 heavy (non-hydrogen) atoms. The summed E-state index contributed by atoms with van der Waals surface area (Å²) in [4.78, 5) is 43.9. The highest BCUT2D eigenvalue weighted by atomic mass is 32.2. The predicted molar refractivity (Wildman–Crippen MR) is 119 cm³/mol. The summed E-state index contributed by atoms with van der Waals surface area (Å²) in [5.41, 5.74) is 1.37. The molecular formula is C21H26N4O4S. The summed E-state index contributed by atoms with van der Waals surface area (Å²) in [7, 11) is 2.73. The molecule has 160 valence electrons. The van der Waals surface area contributed by atoms with E-state index in [9.17, 15) is 19.5 Å². The van der Waals surface area contributed by atoms with Gasteiger partial charge in [0, 0.05) is 27.2 Å². The van der Waals surface area contributed by atoms with Crippen LogP contribution in [0.5, 0.6) is 5.88 Å². The van der Waals surface area contributed by atoms with Gasteiger partial charge in [-0.25, -0.2) is 9.79 Å². The second-order valence-electron chi connectivity index (χ2n) is 7.47. The average Bonchev–Trinajstić information content (AvgIpc) is 3.26. The third-order valence-corrected chi connectivity index (χ3v) is 6.32. The second kappa shape index (κ2) is 8.91. The van der Waals surface area contributed by atoms with Crippen molar-refractivity contribution in [1.82, 2.24) is 14.0 Å². The van der Waals surface area contributed by atoms with E-state index in [1.807, 2.05) is 32.0 Å². The number of nitrogens with zero attached hydrogens (tertiary/aromatic N) is 4. The molecule has 1 aromatic heterocycles. The maximum atomic E-state index is 12.8. The molecule has 1 saturated heterocycles. The zero-order chi connectivity index (χ0) is 22.0. The number of likely N-dealkylation sites (tertiary alicyclic amines) is 1. The Morgan fingerprint density at radius 3 is 2.40 bits per heavy atom. The molecule has 9 heteroatoms. The number of rotatable bonds is 4. The number of carbonyl (C=O) groups excluding carboxylic acids is 1. The van der Waals surface area contributed by atoms with Gasteiger partial charge < -0.3 is 10.0 Å². The molecule has 2 aromatic rings. The summed E-state index contributed by atoms with van der Waals surface area (Å²) in [5, 5.41) is 10.8. The van der Waals surface area contributed by atoms with Crippen LogP contribution < -0.4 is 11.2 Å². The highest BCUT2D eigenvalue weighted by Gasteiger charge is 2.24. The minimum atomic E-state index is -0.653. The fourth-order valence-corrected chi connectivity index (χ4v) is 4.22. The fraction of sp³-hybridized carbons (Fsp3) is 0.429. The molecule has 8 nitrogen and oxygen atoms in total. The first-order valence-corrected chi connectivity index (χ1v) is 10.7. The van der Waals surface area contributed by atoms with E-state index in [2.05, 4.69) is 4.99 Å². The predicted octanol–water partition coefficient (Wildman–Crippen LogP) is 1.84. The van der Waals surface area contributed by atoms with Crippen LogP contribution in [-0.4, -0.2) is 48.9 Å². The van der Waals surface area contributed by atoms with Gasteiger partial charge in [-0.15, -0.1) is 0 Å². The van der Waals surface area contributed by atoms with E-state index >= 15 is 0 Å². The van der Waals surface area contributed by atoms with Crippen LogP contribution in [0.1, 0.15) is 29.5 Å². The highest BCUT2D eigenvalue weighted by molar-refractivity contribution is 8.15. The van der Waals surface area contributed by atoms with Gasteiger partial charge in [0.05, 0.1) is 11.4 Å². The summed E-state index contributed by atoms with van der Waals surface area (Å²) < 4.78 is 1.92. The van der Waals surface area contributed by atoms with Crippen LogP contribution in [-0.2, 0) is 18.9 Å². The fourth-order valence-electron chi connectivity index (χ4n) is 3.28. The number of aromatic nitrogens is 2. The largest absolute Gasteiger partial charge is 0.494 e. The number of aliphatic imine (C=N–C) groups is 1. The van der Waals surface area contributed by atoms with Crippen LogP contribution >= 0.6 is 11.8 Å². The maximum absolute atomic E-state index is 12.8. The van der Waals surface area contributed by atoms with E-state index in [0.29, 0.717) is 5.69 Å². The number of benzene rings is 1. The lowest BCUT2D eigenvalue weighted by Gasteiger charge is -2.16. The lowest BCUT2D eigenvalue weighted by Crippen LogP contribution is -2.40.